The number of hydrogen-bond acceptors (Lipinski definition) is 4. The second-order valence-corrected chi connectivity index (χ2v) is 6.10. The van der Waals surface area contributed by atoms with Gasteiger partial charge in [0.2, 0.25) is 0 Å². The van der Waals surface area contributed by atoms with Crippen LogP contribution in [0.3, 0.4) is 0 Å². The highest BCUT2D eigenvalue weighted by atomic mass is 35.5. The van der Waals surface area contributed by atoms with Crippen molar-refractivity contribution in [1.82, 2.24) is 20.0 Å². The highest BCUT2D eigenvalue weighted by Gasteiger charge is 2.22. The second kappa shape index (κ2) is 9.41. The summed E-state index contributed by atoms with van der Waals surface area (Å²) in [4.78, 5) is 2.14. The Morgan fingerprint density at radius 2 is 2.19 bits per heavy atom. The predicted molar refractivity (Wildman–Crippen MR) is 87.9 cm³/mol. The van der Waals surface area contributed by atoms with E-state index in [0.717, 1.165) is 43.2 Å². The molecule has 21 heavy (non-hydrogen) atoms. The molecular formula is C15H29ClN4O. The quantitative estimate of drug-likeness (QED) is 0.720. The summed E-state index contributed by atoms with van der Waals surface area (Å²) in [5.41, 5.74) is 1.07. The maximum atomic E-state index is 6.38. The van der Waals surface area contributed by atoms with Gasteiger partial charge >= 0.3 is 0 Å². The Morgan fingerprint density at radius 1 is 1.48 bits per heavy atom. The van der Waals surface area contributed by atoms with E-state index in [4.69, 9.17) is 16.3 Å². The summed E-state index contributed by atoms with van der Waals surface area (Å²) in [6, 6.07) is 0.164. The molecule has 2 atom stereocenters. The number of ether oxygens (including phenoxy) is 1. The van der Waals surface area contributed by atoms with E-state index >= 15 is 0 Å². The zero-order chi connectivity index (χ0) is 15.8. The van der Waals surface area contributed by atoms with Crippen molar-refractivity contribution >= 4 is 11.6 Å². The molecule has 0 aliphatic carbocycles. The Bertz CT molecular complexity index is 408. The van der Waals surface area contributed by atoms with Crippen LogP contribution in [-0.4, -0.2) is 55.1 Å². The standard InChI is InChI=1S/C15H29ClN4O/c1-6-7-17-14(10-12(2)21-5)15-13(16)11-18-20(15)9-8-19(3)4/h11-12,14,17H,6-10H2,1-5H3. The van der Waals surface area contributed by atoms with Crippen molar-refractivity contribution in [3.63, 3.8) is 0 Å². The van der Waals surface area contributed by atoms with Gasteiger partial charge in [0.1, 0.15) is 0 Å². The SMILES string of the molecule is CCCNC(CC(C)OC)c1c(Cl)cnn1CCN(C)C. The van der Waals surface area contributed by atoms with E-state index in [1.54, 1.807) is 13.3 Å². The third-order valence-electron chi connectivity index (χ3n) is 3.53. The summed E-state index contributed by atoms with van der Waals surface area (Å²) in [6.07, 6.45) is 3.88. The summed E-state index contributed by atoms with van der Waals surface area (Å²) in [7, 11) is 5.86. The van der Waals surface area contributed by atoms with Crippen molar-refractivity contribution < 1.29 is 4.74 Å². The average Bonchev–Trinajstić information content (AvgIpc) is 2.82. The molecular weight excluding hydrogens is 288 g/mol. The summed E-state index contributed by atoms with van der Waals surface area (Å²) in [5.74, 6) is 0. The van der Waals surface area contributed by atoms with Gasteiger partial charge in [0, 0.05) is 13.7 Å². The zero-order valence-electron chi connectivity index (χ0n) is 13.9. The van der Waals surface area contributed by atoms with Gasteiger partial charge in [-0.1, -0.05) is 18.5 Å². The fourth-order valence-electron chi connectivity index (χ4n) is 2.23. The van der Waals surface area contributed by atoms with E-state index in [0.29, 0.717) is 0 Å². The monoisotopic (exact) mass is 316 g/mol. The molecule has 0 saturated carbocycles. The number of nitrogens with zero attached hydrogens (tertiary/aromatic N) is 3. The third-order valence-corrected chi connectivity index (χ3v) is 3.82. The second-order valence-electron chi connectivity index (χ2n) is 5.69. The van der Waals surface area contributed by atoms with Crippen molar-refractivity contribution in [2.75, 3.05) is 34.3 Å². The van der Waals surface area contributed by atoms with E-state index < -0.39 is 0 Å². The lowest BCUT2D eigenvalue weighted by atomic mass is 10.1. The predicted octanol–water partition coefficient (Wildman–Crippen LogP) is 2.56. The number of rotatable bonds is 10. The van der Waals surface area contributed by atoms with Crippen LogP contribution < -0.4 is 5.32 Å². The van der Waals surface area contributed by atoms with Gasteiger partial charge in [-0.2, -0.15) is 5.10 Å². The Kier molecular flexibility index (Phi) is 8.26. The summed E-state index contributed by atoms with van der Waals surface area (Å²) >= 11 is 6.38. The minimum atomic E-state index is 0.164. The minimum absolute atomic E-state index is 0.164. The first-order valence-corrected chi connectivity index (χ1v) is 7.99. The topological polar surface area (TPSA) is 42.3 Å². The van der Waals surface area contributed by atoms with Gasteiger partial charge < -0.3 is 15.0 Å². The molecule has 1 N–H and O–H groups in total. The van der Waals surface area contributed by atoms with Crippen LogP contribution >= 0.6 is 11.6 Å². The molecule has 0 saturated heterocycles. The van der Waals surface area contributed by atoms with Crippen molar-refractivity contribution in [3.05, 3.63) is 16.9 Å². The lowest BCUT2D eigenvalue weighted by Gasteiger charge is -2.23. The zero-order valence-corrected chi connectivity index (χ0v) is 14.7. The van der Waals surface area contributed by atoms with Gasteiger partial charge in [0.15, 0.2) is 0 Å². The minimum Gasteiger partial charge on any atom is -0.382 e. The van der Waals surface area contributed by atoms with Crippen LogP contribution in [0.2, 0.25) is 5.02 Å². The Morgan fingerprint density at radius 3 is 2.76 bits per heavy atom. The fraction of sp³-hybridized carbons (Fsp3) is 0.800. The molecule has 0 bridgehead atoms. The number of hydrogen-bond donors (Lipinski definition) is 1. The third kappa shape index (κ3) is 5.94. The van der Waals surface area contributed by atoms with Crippen LogP contribution in [0.25, 0.3) is 0 Å². The maximum absolute atomic E-state index is 6.38. The van der Waals surface area contributed by atoms with Gasteiger partial charge in [0.25, 0.3) is 0 Å². The van der Waals surface area contributed by atoms with Crippen LogP contribution in [0, 0.1) is 0 Å². The molecule has 0 spiro atoms. The van der Waals surface area contributed by atoms with E-state index in [2.05, 4.69) is 43.3 Å². The summed E-state index contributed by atoms with van der Waals surface area (Å²) < 4.78 is 7.43. The van der Waals surface area contributed by atoms with E-state index in [9.17, 15) is 0 Å². The molecule has 2 unspecified atom stereocenters. The molecule has 1 rings (SSSR count). The number of methoxy groups -OCH3 is 1. The largest absolute Gasteiger partial charge is 0.382 e. The molecule has 1 aromatic heterocycles. The van der Waals surface area contributed by atoms with Gasteiger partial charge in [-0.15, -0.1) is 0 Å². The van der Waals surface area contributed by atoms with Gasteiger partial charge in [-0.25, -0.2) is 0 Å². The van der Waals surface area contributed by atoms with Gasteiger partial charge in [-0.3, -0.25) is 4.68 Å². The molecule has 0 aromatic carbocycles. The van der Waals surface area contributed by atoms with Crippen molar-refractivity contribution in [2.24, 2.45) is 0 Å². The van der Waals surface area contributed by atoms with Crippen LogP contribution in [-0.2, 0) is 11.3 Å². The Balaban J connectivity index is 2.90. The van der Waals surface area contributed by atoms with E-state index in [-0.39, 0.29) is 12.1 Å². The lowest BCUT2D eigenvalue weighted by molar-refractivity contribution is 0.0992. The molecule has 6 heteroatoms. The number of likely N-dealkylation sites (N-methyl/N-ethyl adjacent to an activating group) is 1. The fourth-order valence-corrected chi connectivity index (χ4v) is 2.50. The molecule has 0 radical (unpaired) electrons. The molecule has 0 fully saturated rings. The van der Waals surface area contributed by atoms with Gasteiger partial charge in [0.05, 0.1) is 35.6 Å². The molecule has 5 nitrogen and oxygen atoms in total. The molecule has 0 amide bonds. The first-order valence-electron chi connectivity index (χ1n) is 7.61. The molecule has 1 aromatic rings. The molecule has 0 aliphatic heterocycles. The molecule has 1 heterocycles. The molecule has 0 aliphatic rings. The molecule has 122 valence electrons. The van der Waals surface area contributed by atoms with Crippen LogP contribution in [0.15, 0.2) is 6.20 Å². The van der Waals surface area contributed by atoms with Crippen molar-refractivity contribution in [2.45, 2.75) is 45.4 Å². The number of aromatic nitrogens is 2. The summed E-state index contributed by atoms with van der Waals surface area (Å²) in [5, 5.41) is 8.72. The maximum Gasteiger partial charge on any atom is 0.0834 e. The highest BCUT2D eigenvalue weighted by Crippen LogP contribution is 2.27. The highest BCUT2D eigenvalue weighted by molar-refractivity contribution is 6.31. The lowest BCUT2D eigenvalue weighted by Crippen LogP contribution is -2.29. The smallest absolute Gasteiger partial charge is 0.0834 e. The van der Waals surface area contributed by atoms with Crippen molar-refractivity contribution in [1.29, 1.82) is 0 Å². The van der Waals surface area contributed by atoms with Crippen LogP contribution in [0.1, 0.15) is 38.4 Å². The van der Waals surface area contributed by atoms with E-state index in [1.165, 1.54) is 0 Å². The normalized spacial score (nSPS) is 14.6. The van der Waals surface area contributed by atoms with E-state index in [1.807, 2.05) is 4.68 Å². The summed E-state index contributed by atoms with van der Waals surface area (Å²) in [6.45, 7) is 6.96. The van der Waals surface area contributed by atoms with Crippen molar-refractivity contribution in [3.8, 4) is 0 Å². The first-order chi connectivity index (χ1) is 9.99. The number of nitrogens with one attached hydrogen (secondary N) is 1. The average molecular weight is 317 g/mol. The van der Waals surface area contributed by atoms with Crippen LogP contribution in [0.5, 0.6) is 0 Å². The van der Waals surface area contributed by atoms with Gasteiger partial charge in [-0.05, 0) is 40.4 Å². The Labute approximate surface area is 133 Å². The number of halogens is 1. The first kappa shape index (κ1) is 18.4. The van der Waals surface area contributed by atoms with Crippen LogP contribution in [0.4, 0.5) is 0 Å². The Hall–Kier alpha value is -0.620.